The van der Waals surface area contributed by atoms with Crippen molar-refractivity contribution in [2.24, 2.45) is 0 Å². The molecule has 0 fully saturated rings. The molecule has 0 spiro atoms. The average molecular weight is 229 g/mol. The van der Waals surface area contributed by atoms with E-state index in [1.807, 2.05) is 13.8 Å². The van der Waals surface area contributed by atoms with Crippen LogP contribution in [-0.2, 0) is 11.3 Å². The smallest absolute Gasteiger partial charge is 0.300 e. The Hall–Kier alpha value is -1.04. The van der Waals surface area contributed by atoms with Crippen LogP contribution in [0.15, 0.2) is 9.95 Å². The topological polar surface area (TPSA) is 67.8 Å². The summed E-state index contributed by atoms with van der Waals surface area (Å²) in [6.07, 6.45) is 0.495. The van der Waals surface area contributed by atoms with Gasteiger partial charge in [-0.2, -0.15) is 0 Å². The van der Waals surface area contributed by atoms with Crippen LogP contribution in [0.4, 0.5) is 0 Å². The highest BCUT2D eigenvalue weighted by molar-refractivity contribution is 7.99. The van der Waals surface area contributed by atoms with Crippen molar-refractivity contribution in [2.75, 3.05) is 0 Å². The predicted molar refractivity (Wildman–Crippen MR) is 59.1 cm³/mol. The second-order valence-corrected chi connectivity index (χ2v) is 4.80. The minimum Gasteiger partial charge on any atom is -0.300 e. The van der Waals surface area contributed by atoms with Crippen molar-refractivity contribution in [3.63, 3.8) is 0 Å². The van der Waals surface area contributed by atoms with E-state index < -0.39 is 0 Å². The van der Waals surface area contributed by atoms with E-state index >= 15 is 0 Å². The normalized spacial score (nSPS) is 12.7. The van der Waals surface area contributed by atoms with Crippen LogP contribution < -0.4 is 5.69 Å². The molecule has 0 aliphatic carbocycles. The van der Waals surface area contributed by atoms with E-state index in [0.29, 0.717) is 18.1 Å². The molecule has 0 radical (unpaired) electrons. The van der Waals surface area contributed by atoms with Crippen molar-refractivity contribution >= 4 is 17.5 Å². The quantitative estimate of drug-likeness (QED) is 0.766. The molecule has 0 bridgehead atoms. The number of aromatic amines is 1. The Labute approximate surface area is 92.3 Å². The van der Waals surface area contributed by atoms with Crippen LogP contribution >= 0.6 is 11.8 Å². The van der Waals surface area contributed by atoms with E-state index in [4.69, 9.17) is 0 Å². The molecule has 84 valence electrons. The standard InChI is InChI=1S/C9H15N3O2S/c1-4-12-8(14)10-11-9(12)15-7(3)5-6(2)13/h7H,4-5H2,1-3H3,(H,10,14). The first-order valence-corrected chi connectivity index (χ1v) is 5.73. The lowest BCUT2D eigenvalue weighted by atomic mass is 10.2. The summed E-state index contributed by atoms with van der Waals surface area (Å²) in [5.74, 6) is 0.149. The fourth-order valence-corrected chi connectivity index (χ4v) is 2.41. The lowest BCUT2D eigenvalue weighted by molar-refractivity contribution is -0.116. The van der Waals surface area contributed by atoms with Crippen molar-refractivity contribution in [1.82, 2.24) is 14.8 Å². The number of Topliss-reactive ketones (excluding diaryl/α,β-unsaturated/α-hetero) is 1. The van der Waals surface area contributed by atoms with E-state index in [9.17, 15) is 9.59 Å². The number of nitrogens with zero attached hydrogens (tertiary/aromatic N) is 2. The van der Waals surface area contributed by atoms with Gasteiger partial charge in [0.25, 0.3) is 0 Å². The zero-order valence-electron chi connectivity index (χ0n) is 9.11. The minimum absolute atomic E-state index is 0.142. The van der Waals surface area contributed by atoms with Gasteiger partial charge in [-0.25, -0.2) is 9.89 Å². The van der Waals surface area contributed by atoms with Gasteiger partial charge in [-0.05, 0) is 13.8 Å². The van der Waals surface area contributed by atoms with Gasteiger partial charge in [0, 0.05) is 18.2 Å². The maximum atomic E-state index is 11.2. The van der Waals surface area contributed by atoms with Crippen molar-refractivity contribution in [2.45, 2.75) is 44.1 Å². The van der Waals surface area contributed by atoms with Crippen LogP contribution in [0.2, 0.25) is 0 Å². The molecule has 1 aromatic rings. The number of nitrogens with one attached hydrogen (secondary N) is 1. The number of H-pyrrole nitrogens is 1. The van der Waals surface area contributed by atoms with Crippen LogP contribution in [-0.4, -0.2) is 25.8 Å². The molecule has 6 heteroatoms. The van der Waals surface area contributed by atoms with Gasteiger partial charge in [0.1, 0.15) is 5.78 Å². The highest BCUT2D eigenvalue weighted by Gasteiger charge is 2.13. The maximum absolute atomic E-state index is 11.2. The Bertz CT molecular complexity index is 396. The number of carbonyl (C=O) groups is 1. The number of aromatic nitrogens is 3. The van der Waals surface area contributed by atoms with E-state index in [1.54, 1.807) is 11.5 Å². The number of thioether (sulfide) groups is 1. The fourth-order valence-electron chi connectivity index (χ4n) is 1.30. The van der Waals surface area contributed by atoms with Crippen LogP contribution in [0.3, 0.4) is 0 Å². The first-order valence-electron chi connectivity index (χ1n) is 4.85. The fraction of sp³-hybridized carbons (Fsp3) is 0.667. The molecule has 1 aromatic heterocycles. The van der Waals surface area contributed by atoms with Crippen LogP contribution in [0.5, 0.6) is 0 Å². The molecule has 0 aliphatic rings. The monoisotopic (exact) mass is 229 g/mol. The Kier molecular flexibility index (Phi) is 4.14. The molecule has 1 N–H and O–H groups in total. The molecule has 0 saturated carbocycles. The van der Waals surface area contributed by atoms with E-state index in [2.05, 4.69) is 10.2 Å². The molecule has 0 aliphatic heterocycles. The first-order chi connectivity index (χ1) is 7.04. The van der Waals surface area contributed by atoms with Crippen molar-refractivity contribution in [1.29, 1.82) is 0 Å². The summed E-state index contributed by atoms with van der Waals surface area (Å²) < 4.78 is 1.56. The van der Waals surface area contributed by atoms with Gasteiger partial charge in [0.15, 0.2) is 5.16 Å². The molecule has 5 nitrogen and oxygen atoms in total. The molecule has 0 aromatic carbocycles. The SMILES string of the molecule is CCn1c(SC(C)CC(C)=O)n[nH]c1=O. The number of rotatable bonds is 5. The summed E-state index contributed by atoms with van der Waals surface area (Å²) >= 11 is 1.44. The van der Waals surface area contributed by atoms with Crippen LogP contribution in [0.25, 0.3) is 0 Å². The minimum atomic E-state index is -0.199. The average Bonchev–Trinajstić information content (AvgIpc) is 2.45. The molecule has 1 rings (SSSR count). The summed E-state index contributed by atoms with van der Waals surface area (Å²) in [6.45, 7) is 5.99. The third-order valence-corrected chi connectivity index (χ3v) is 3.01. The zero-order chi connectivity index (χ0) is 11.4. The summed E-state index contributed by atoms with van der Waals surface area (Å²) in [5.41, 5.74) is -0.199. The summed E-state index contributed by atoms with van der Waals surface area (Å²) in [4.78, 5) is 22.1. The molecule has 1 heterocycles. The maximum Gasteiger partial charge on any atom is 0.343 e. The van der Waals surface area contributed by atoms with E-state index in [1.165, 1.54) is 11.8 Å². The number of hydrogen-bond acceptors (Lipinski definition) is 4. The molecule has 0 amide bonds. The van der Waals surface area contributed by atoms with E-state index in [-0.39, 0.29) is 16.7 Å². The van der Waals surface area contributed by atoms with Crippen molar-refractivity contribution in [3.05, 3.63) is 10.5 Å². The van der Waals surface area contributed by atoms with Crippen molar-refractivity contribution < 1.29 is 4.79 Å². The molecular formula is C9H15N3O2S. The highest BCUT2D eigenvalue weighted by atomic mass is 32.2. The zero-order valence-corrected chi connectivity index (χ0v) is 9.93. The molecule has 15 heavy (non-hydrogen) atoms. The molecular weight excluding hydrogens is 214 g/mol. The largest absolute Gasteiger partial charge is 0.343 e. The van der Waals surface area contributed by atoms with Gasteiger partial charge in [0.05, 0.1) is 0 Å². The van der Waals surface area contributed by atoms with E-state index in [0.717, 1.165) is 0 Å². The summed E-state index contributed by atoms with van der Waals surface area (Å²) in [6, 6.07) is 0. The Morgan fingerprint density at radius 3 is 2.87 bits per heavy atom. The van der Waals surface area contributed by atoms with Gasteiger partial charge in [0.2, 0.25) is 0 Å². The second-order valence-electron chi connectivity index (χ2n) is 3.39. The molecule has 0 saturated heterocycles. The number of carbonyl (C=O) groups excluding carboxylic acids is 1. The Morgan fingerprint density at radius 2 is 2.33 bits per heavy atom. The van der Waals surface area contributed by atoms with Crippen LogP contribution in [0, 0.1) is 0 Å². The lowest BCUT2D eigenvalue weighted by Crippen LogP contribution is -2.16. The molecule has 1 unspecified atom stereocenters. The van der Waals surface area contributed by atoms with Gasteiger partial charge in [-0.1, -0.05) is 18.7 Å². The Balaban J connectivity index is 2.72. The number of ketones is 1. The summed E-state index contributed by atoms with van der Waals surface area (Å²) in [5, 5.41) is 7.10. The Morgan fingerprint density at radius 1 is 1.67 bits per heavy atom. The van der Waals surface area contributed by atoms with Gasteiger partial charge < -0.3 is 0 Å². The van der Waals surface area contributed by atoms with Gasteiger partial charge in [-0.15, -0.1) is 5.10 Å². The van der Waals surface area contributed by atoms with Crippen LogP contribution in [0.1, 0.15) is 27.2 Å². The van der Waals surface area contributed by atoms with Crippen molar-refractivity contribution in [3.8, 4) is 0 Å². The third kappa shape index (κ3) is 3.23. The lowest BCUT2D eigenvalue weighted by Gasteiger charge is -2.08. The number of hydrogen-bond donors (Lipinski definition) is 1. The predicted octanol–water partition coefficient (Wildman–Crippen LogP) is 1.05. The first kappa shape index (κ1) is 12.0. The van der Waals surface area contributed by atoms with Gasteiger partial charge in [-0.3, -0.25) is 9.36 Å². The summed E-state index contributed by atoms with van der Waals surface area (Å²) in [7, 11) is 0. The highest BCUT2D eigenvalue weighted by Crippen LogP contribution is 2.21. The molecule has 1 atom stereocenters. The van der Waals surface area contributed by atoms with Gasteiger partial charge >= 0.3 is 5.69 Å². The third-order valence-electron chi connectivity index (χ3n) is 1.92. The second kappa shape index (κ2) is 5.16.